The molecule has 2 aromatic carbocycles. The van der Waals surface area contributed by atoms with Gasteiger partial charge in [-0.2, -0.15) is 5.10 Å². The van der Waals surface area contributed by atoms with Crippen LogP contribution in [0.4, 0.5) is 4.39 Å². The maximum atomic E-state index is 14.5. The van der Waals surface area contributed by atoms with E-state index in [1.807, 2.05) is 31.3 Å². The highest BCUT2D eigenvalue weighted by molar-refractivity contribution is 7.91. The van der Waals surface area contributed by atoms with Crippen LogP contribution in [-0.2, 0) is 26.0 Å². The summed E-state index contributed by atoms with van der Waals surface area (Å²) >= 11 is 0. The summed E-state index contributed by atoms with van der Waals surface area (Å²) in [6.45, 7) is 2.77. The Labute approximate surface area is 252 Å². The molecule has 1 aliphatic rings. The molecule has 1 saturated heterocycles. The van der Waals surface area contributed by atoms with Crippen molar-refractivity contribution in [3.8, 4) is 11.1 Å². The van der Waals surface area contributed by atoms with Crippen LogP contribution in [0.2, 0.25) is 0 Å². The summed E-state index contributed by atoms with van der Waals surface area (Å²) in [5, 5.41) is 7.41. The number of nitrogens with one attached hydrogen (secondary N) is 1. The maximum absolute atomic E-state index is 14.5. The standard InChI is InChI=1S/C31H29FN6O5S/c1-19-10-29-33-13-22(14-38(29)35-19)21-8-9-27-25(11-21)26(20(2)39)16-36(27)17-30(40)37-15-23(32)12-28(37)31(41)34-18-44(42,43)24-6-4-3-5-7-24/h3-11,13-14,16,23,28H,12,15,17-18H2,1-2H3,(H,34,41)/t23-,28+/m1/s1. The van der Waals surface area contributed by atoms with E-state index in [0.717, 1.165) is 21.7 Å². The smallest absolute Gasteiger partial charge is 0.243 e. The fraction of sp³-hybridized carbons (Fsp3) is 0.258. The van der Waals surface area contributed by atoms with Crippen LogP contribution in [0.15, 0.2) is 78.1 Å². The van der Waals surface area contributed by atoms with Crippen molar-refractivity contribution >= 4 is 44.0 Å². The van der Waals surface area contributed by atoms with Crippen LogP contribution in [0.1, 0.15) is 29.4 Å². The minimum absolute atomic E-state index is 0.0419. The lowest BCUT2D eigenvalue weighted by atomic mass is 10.0. The summed E-state index contributed by atoms with van der Waals surface area (Å²) < 4.78 is 43.1. The monoisotopic (exact) mass is 616 g/mol. The number of amides is 2. The third-order valence-electron chi connectivity index (χ3n) is 7.75. The van der Waals surface area contributed by atoms with E-state index in [-0.39, 0.29) is 30.2 Å². The molecule has 1 aliphatic heterocycles. The second-order valence-electron chi connectivity index (χ2n) is 10.9. The molecule has 0 bridgehead atoms. The van der Waals surface area contributed by atoms with Crippen LogP contribution >= 0.6 is 0 Å². The number of nitrogens with zero attached hydrogens (tertiary/aromatic N) is 5. The average Bonchev–Trinajstić information content (AvgIpc) is 3.69. The van der Waals surface area contributed by atoms with E-state index in [4.69, 9.17) is 0 Å². The number of halogens is 1. The fourth-order valence-corrected chi connectivity index (χ4v) is 6.64. The number of benzene rings is 2. The predicted octanol–water partition coefficient (Wildman–Crippen LogP) is 3.35. The lowest BCUT2D eigenvalue weighted by Crippen LogP contribution is -2.47. The number of carbonyl (C=O) groups excluding carboxylic acids is 3. The minimum atomic E-state index is -3.82. The topological polar surface area (TPSA) is 136 Å². The summed E-state index contributed by atoms with van der Waals surface area (Å²) in [5.74, 6) is -2.16. The van der Waals surface area contributed by atoms with Gasteiger partial charge in [0.25, 0.3) is 0 Å². The molecular weight excluding hydrogens is 587 g/mol. The molecule has 0 saturated carbocycles. The van der Waals surface area contributed by atoms with Crippen molar-refractivity contribution in [1.82, 2.24) is 29.4 Å². The molecule has 3 aromatic heterocycles. The number of alkyl halides is 1. The molecule has 1 fully saturated rings. The predicted molar refractivity (Wildman–Crippen MR) is 160 cm³/mol. The van der Waals surface area contributed by atoms with Crippen molar-refractivity contribution in [1.29, 1.82) is 0 Å². The number of aromatic nitrogens is 4. The van der Waals surface area contributed by atoms with Gasteiger partial charge in [0.15, 0.2) is 21.3 Å². The van der Waals surface area contributed by atoms with Gasteiger partial charge < -0.3 is 14.8 Å². The Morgan fingerprint density at radius 1 is 1.05 bits per heavy atom. The van der Waals surface area contributed by atoms with Crippen molar-refractivity contribution in [3.63, 3.8) is 0 Å². The second-order valence-corrected chi connectivity index (χ2v) is 12.9. The van der Waals surface area contributed by atoms with Crippen LogP contribution in [0.3, 0.4) is 0 Å². The first-order valence-electron chi connectivity index (χ1n) is 14.0. The number of ketones is 1. The lowest BCUT2D eigenvalue weighted by Gasteiger charge is -2.24. The van der Waals surface area contributed by atoms with Gasteiger partial charge in [-0.15, -0.1) is 0 Å². The SMILES string of the molecule is CC(=O)c1cn(CC(=O)N2C[C@H](F)C[C@H]2C(=O)NCS(=O)(=O)c2ccccc2)c2ccc(-c3cnc4cc(C)nn4c3)cc12. The maximum Gasteiger partial charge on any atom is 0.243 e. The number of fused-ring (bicyclic) bond motifs is 2. The Balaban J connectivity index is 1.23. The average molecular weight is 617 g/mol. The largest absolute Gasteiger partial charge is 0.340 e. The van der Waals surface area contributed by atoms with Gasteiger partial charge in [-0.05, 0) is 43.7 Å². The van der Waals surface area contributed by atoms with Crippen LogP contribution in [0.25, 0.3) is 27.7 Å². The van der Waals surface area contributed by atoms with E-state index in [0.29, 0.717) is 22.1 Å². The second kappa shape index (κ2) is 11.3. The van der Waals surface area contributed by atoms with Crippen LogP contribution in [0, 0.1) is 6.92 Å². The Kier molecular flexibility index (Phi) is 7.49. The molecule has 0 radical (unpaired) electrons. The molecule has 44 heavy (non-hydrogen) atoms. The molecule has 2 amide bonds. The summed E-state index contributed by atoms with van der Waals surface area (Å²) in [5.41, 5.74) is 4.15. The summed E-state index contributed by atoms with van der Waals surface area (Å²) in [4.78, 5) is 44.7. The van der Waals surface area contributed by atoms with E-state index in [2.05, 4.69) is 15.4 Å². The van der Waals surface area contributed by atoms with Gasteiger partial charge in [-0.25, -0.2) is 22.3 Å². The number of rotatable bonds is 8. The molecule has 0 unspecified atom stereocenters. The Morgan fingerprint density at radius 3 is 2.57 bits per heavy atom. The number of sulfone groups is 1. The molecule has 11 nitrogen and oxygen atoms in total. The molecule has 226 valence electrons. The van der Waals surface area contributed by atoms with Crippen LogP contribution < -0.4 is 5.32 Å². The molecule has 4 heterocycles. The highest BCUT2D eigenvalue weighted by atomic mass is 32.2. The van der Waals surface area contributed by atoms with Gasteiger partial charge in [0.05, 0.1) is 17.1 Å². The molecule has 0 aliphatic carbocycles. The fourth-order valence-electron chi connectivity index (χ4n) is 5.57. The van der Waals surface area contributed by atoms with E-state index >= 15 is 0 Å². The summed E-state index contributed by atoms with van der Waals surface area (Å²) in [6.07, 6.45) is 3.47. The number of likely N-dealkylation sites (tertiary alicyclic amines) is 1. The van der Waals surface area contributed by atoms with Crippen molar-refractivity contribution in [2.75, 3.05) is 12.4 Å². The molecule has 13 heteroatoms. The third-order valence-corrected chi connectivity index (χ3v) is 9.26. The van der Waals surface area contributed by atoms with Crippen molar-refractivity contribution in [2.45, 2.75) is 43.9 Å². The molecule has 6 rings (SSSR count). The van der Waals surface area contributed by atoms with Gasteiger partial charge in [0.2, 0.25) is 11.8 Å². The Hall–Kier alpha value is -4.91. The zero-order chi connectivity index (χ0) is 31.2. The van der Waals surface area contributed by atoms with Crippen LogP contribution in [0.5, 0.6) is 0 Å². The van der Waals surface area contributed by atoms with E-state index in [1.165, 1.54) is 19.1 Å². The Morgan fingerprint density at radius 2 is 1.82 bits per heavy atom. The minimum Gasteiger partial charge on any atom is -0.340 e. The molecular formula is C31H29FN6O5S. The highest BCUT2D eigenvalue weighted by Gasteiger charge is 2.40. The van der Waals surface area contributed by atoms with Gasteiger partial charge in [0.1, 0.15) is 24.6 Å². The summed E-state index contributed by atoms with van der Waals surface area (Å²) in [7, 11) is -3.82. The number of carbonyl (C=O) groups is 3. The summed E-state index contributed by atoms with van der Waals surface area (Å²) in [6, 6.07) is 13.8. The highest BCUT2D eigenvalue weighted by Crippen LogP contribution is 2.29. The molecule has 5 aromatic rings. The number of hydrogen-bond acceptors (Lipinski definition) is 7. The van der Waals surface area contributed by atoms with Crippen molar-refractivity contribution in [3.05, 3.63) is 84.4 Å². The zero-order valence-corrected chi connectivity index (χ0v) is 24.8. The quantitative estimate of drug-likeness (QED) is 0.264. The first-order chi connectivity index (χ1) is 21.0. The number of hydrogen-bond donors (Lipinski definition) is 1. The molecule has 0 spiro atoms. The van der Waals surface area contributed by atoms with Gasteiger partial charge in [0, 0.05) is 53.1 Å². The third kappa shape index (κ3) is 5.57. The van der Waals surface area contributed by atoms with Crippen molar-refractivity contribution < 1.29 is 27.2 Å². The van der Waals surface area contributed by atoms with E-state index in [1.54, 1.807) is 45.7 Å². The number of Topliss-reactive ketones (excluding diaryl/α,β-unsaturated/α-hetero) is 1. The van der Waals surface area contributed by atoms with Gasteiger partial charge in [-0.1, -0.05) is 24.3 Å². The lowest BCUT2D eigenvalue weighted by molar-refractivity contribution is -0.138. The first-order valence-corrected chi connectivity index (χ1v) is 15.6. The zero-order valence-electron chi connectivity index (χ0n) is 24.0. The Bertz CT molecular complexity index is 2040. The van der Waals surface area contributed by atoms with Crippen molar-refractivity contribution in [2.24, 2.45) is 0 Å². The molecule has 2 atom stereocenters. The number of aryl methyl sites for hydroxylation is 1. The molecule has 1 N–H and O–H groups in total. The van der Waals surface area contributed by atoms with E-state index < -0.39 is 39.7 Å². The van der Waals surface area contributed by atoms with E-state index in [9.17, 15) is 27.2 Å². The van der Waals surface area contributed by atoms with Gasteiger partial charge in [-0.3, -0.25) is 14.4 Å². The normalized spacial score (nSPS) is 16.9. The van der Waals surface area contributed by atoms with Crippen LogP contribution in [-0.4, -0.2) is 74.7 Å². The van der Waals surface area contributed by atoms with Gasteiger partial charge >= 0.3 is 0 Å². The first kappa shape index (κ1) is 29.2.